The number of ether oxygens (including phenoxy) is 1. The van der Waals surface area contributed by atoms with E-state index in [1.54, 1.807) is 0 Å². The molecule has 0 aliphatic heterocycles. The molecule has 2 bridgehead atoms. The average Bonchev–Trinajstić information content (AvgIpc) is 2.93. The van der Waals surface area contributed by atoms with Gasteiger partial charge in [0, 0.05) is 18.2 Å². The van der Waals surface area contributed by atoms with Gasteiger partial charge in [0.1, 0.15) is 0 Å². The Kier molecular flexibility index (Phi) is 4.61. The van der Waals surface area contributed by atoms with E-state index in [2.05, 4.69) is 26.1 Å². The highest BCUT2D eigenvalue weighted by Crippen LogP contribution is 2.65. The Morgan fingerprint density at radius 3 is 2.59 bits per heavy atom. The molecule has 146 valence electrons. The third-order valence-electron chi connectivity index (χ3n) is 6.93. The van der Waals surface area contributed by atoms with E-state index < -0.39 is 17.5 Å². The summed E-state index contributed by atoms with van der Waals surface area (Å²) in [5.74, 6) is -0.536. The van der Waals surface area contributed by atoms with Crippen molar-refractivity contribution in [2.24, 2.45) is 16.7 Å². The molecule has 2 saturated carbocycles. The number of esters is 1. The summed E-state index contributed by atoms with van der Waals surface area (Å²) < 4.78 is 5.05. The first-order chi connectivity index (χ1) is 12.6. The Labute approximate surface area is 157 Å². The number of rotatable bonds is 5. The van der Waals surface area contributed by atoms with Gasteiger partial charge in [-0.15, -0.1) is 0 Å². The number of nitro benzene ring substituents is 1. The smallest absolute Gasteiger partial charge is 0.340 e. The van der Waals surface area contributed by atoms with Crippen LogP contribution in [0.2, 0.25) is 0 Å². The molecule has 3 rings (SSSR count). The number of fused-ring (bicyclic) bond motifs is 2. The SMILES string of the molecule is CC1(C)C2CCC1(C)C(NC(=O)COC(=O)c1ccc([N+](=O)[O-])cc1N)C2. The lowest BCUT2D eigenvalue weighted by Gasteiger charge is -2.39. The summed E-state index contributed by atoms with van der Waals surface area (Å²) in [4.78, 5) is 34.5. The van der Waals surface area contributed by atoms with Crippen molar-refractivity contribution in [2.45, 2.75) is 46.1 Å². The van der Waals surface area contributed by atoms with Crippen LogP contribution < -0.4 is 11.1 Å². The standard InChI is InChI=1S/C19H25N3O5/c1-18(2)11-6-7-19(18,3)15(8-11)21-16(23)10-27-17(24)13-5-4-12(22(25)26)9-14(13)20/h4-5,9,11,15H,6-8,10,20H2,1-3H3,(H,21,23). The first-order valence-electron chi connectivity index (χ1n) is 9.06. The molecule has 8 heteroatoms. The molecule has 8 nitrogen and oxygen atoms in total. The number of carbonyl (C=O) groups excluding carboxylic acids is 2. The average molecular weight is 375 g/mol. The fourth-order valence-corrected chi connectivity index (χ4v) is 4.72. The van der Waals surface area contributed by atoms with Crippen LogP contribution in [0.1, 0.15) is 50.4 Å². The van der Waals surface area contributed by atoms with Crippen molar-refractivity contribution in [3.05, 3.63) is 33.9 Å². The Hall–Kier alpha value is -2.64. The second kappa shape index (κ2) is 6.51. The van der Waals surface area contributed by atoms with Gasteiger partial charge >= 0.3 is 5.97 Å². The summed E-state index contributed by atoms with van der Waals surface area (Å²) >= 11 is 0. The topological polar surface area (TPSA) is 125 Å². The number of amides is 1. The lowest BCUT2D eigenvalue weighted by Crippen LogP contribution is -2.48. The molecule has 0 aromatic heterocycles. The summed E-state index contributed by atoms with van der Waals surface area (Å²) in [6, 6.07) is 3.56. The maximum Gasteiger partial charge on any atom is 0.340 e. The van der Waals surface area contributed by atoms with Gasteiger partial charge in [0.05, 0.1) is 16.2 Å². The number of hydrogen-bond donors (Lipinski definition) is 2. The summed E-state index contributed by atoms with van der Waals surface area (Å²) in [6.45, 7) is 6.32. The van der Waals surface area contributed by atoms with Crippen molar-refractivity contribution in [1.29, 1.82) is 0 Å². The number of benzene rings is 1. The van der Waals surface area contributed by atoms with E-state index >= 15 is 0 Å². The van der Waals surface area contributed by atoms with E-state index in [9.17, 15) is 19.7 Å². The van der Waals surface area contributed by atoms with Gasteiger partial charge in [-0.3, -0.25) is 14.9 Å². The van der Waals surface area contributed by atoms with Gasteiger partial charge in [-0.25, -0.2) is 4.79 Å². The van der Waals surface area contributed by atoms with Crippen molar-refractivity contribution in [1.82, 2.24) is 5.32 Å². The third-order valence-corrected chi connectivity index (χ3v) is 6.93. The first-order valence-corrected chi connectivity index (χ1v) is 9.06. The zero-order valence-electron chi connectivity index (χ0n) is 15.8. The summed E-state index contributed by atoms with van der Waals surface area (Å²) in [7, 11) is 0. The Balaban J connectivity index is 1.57. The van der Waals surface area contributed by atoms with E-state index in [1.807, 2.05) is 0 Å². The molecule has 1 aromatic carbocycles. The predicted octanol–water partition coefficient (Wildman–Crippen LogP) is 2.66. The highest BCUT2D eigenvalue weighted by Gasteiger charge is 2.61. The lowest BCUT2D eigenvalue weighted by atomic mass is 9.69. The largest absolute Gasteiger partial charge is 0.452 e. The second-order valence-corrected chi connectivity index (χ2v) is 8.34. The minimum atomic E-state index is -0.781. The van der Waals surface area contributed by atoms with Gasteiger partial charge in [-0.05, 0) is 42.1 Å². The fraction of sp³-hybridized carbons (Fsp3) is 0.579. The van der Waals surface area contributed by atoms with E-state index in [-0.39, 0.29) is 39.7 Å². The molecule has 0 saturated heterocycles. The van der Waals surface area contributed by atoms with Gasteiger partial charge in [-0.1, -0.05) is 20.8 Å². The van der Waals surface area contributed by atoms with Gasteiger partial charge in [0.2, 0.25) is 0 Å². The number of nitrogens with one attached hydrogen (secondary N) is 1. The highest BCUT2D eigenvalue weighted by molar-refractivity contribution is 5.96. The fourth-order valence-electron chi connectivity index (χ4n) is 4.72. The normalized spacial score (nSPS) is 28.0. The van der Waals surface area contributed by atoms with Crippen LogP contribution in [0.4, 0.5) is 11.4 Å². The molecular weight excluding hydrogens is 350 g/mol. The van der Waals surface area contributed by atoms with Crippen molar-refractivity contribution in [3.8, 4) is 0 Å². The molecule has 1 amide bonds. The van der Waals surface area contributed by atoms with Crippen molar-refractivity contribution < 1.29 is 19.2 Å². The molecule has 2 aliphatic rings. The molecular formula is C19H25N3O5. The van der Waals surface area contributed by atoms with E-state index in [0.29, 0.717) is 5.92 Å². The maximum absolute atomic E-state index is 12.3. The van der Waals surface area contributed by atoms with Crippen molar-refractivity contribution in [3.63, 3.8) is 0 Å². The van der Waals surface area contributed by atoms with Crippen LogP contribution >= 0.6 is 0 Å². The molecule has 3 unspecified atom stereocenters. The molecule has 27 heavy (non-hydrogen) atoms. The number of non-ortho nitro benzene ring substituents is 1. The molecule has 0 radical (unpaired) electrons. The molecule has 3 N–H and O–H groups in total. The van der Waals surface area contributed by atoms with Gasteiger partial charge < -0.3 is 15.8 Å². The number of nitrogens with zero attached hydrogens (tertiary/aromatic N) is 1. The van der Waals surface area contributed by atoms with Crippen LogP contribution in [0.25, 0.3) is 0 Å². The van der Waals surface area contributed by atoms with Gasteiger partial charge in [0.25, 0.3) is 11.6 Å². The first kappa shape index (κ1) is 19.1. The zero-order chi connectivity index (χ0) is 20.0. The predicted molar refractivity (Wildman–Crippen MR) is 99.0 cm³/mol. The molecule has 0 heterocycles. The third kappa shape index (κ3) is 3.13. The minimum absolute atomic E-state index is 0.00131. The number of nitrogens with two attached hydrogens (primary N) is 1. The summed E-state index contributed by atoms with van der Waals surface area (Å²) in [5, 5.41) is 13.7. The molecule has 2 aliphatic carbocycles. The maximum atomic E-state index is 12.3. The lowest BCUT2D eigenvalue weighted by molar-refractivity contribution is -0.384. The van der Waals surface area contributed by atoms with E-state index in [1.165, 1.54) is 18.6 Å². The number of anilines is 1. The van der Waals surface area contributed by atoms with Crippen molar-refractivity contribution >= 4 is 23.3 Å². The van der Waals surface area contributed by atoms with Crippen LogP contribution in [-0.2, 0) is 9.53 Å². The molecule has 2 fully saturated rings. The number of carbonyl (C=O) groups is 2. The van der Waals surface area contributed by atoms with Gasteiger partial charge in [-0.2, -0.15) is 0 Å². The van der Waals surface area contributed by atoms with Crippen molar-refractivity contribution in [2.75, 3.05) is 12.3 Å². The molecule has 1 aromatic rings. The quantitative estimate of drug-likeness (QED) is 0.353. The number of nitro groups is 1. The Morgan fingerprint density at radius 1 is 1.37 bits per heavy atom. The van der Waals surface area contributed by atoms with E-state index in [0.717, 1.165) is 18.9 Å². The van der Waals surface area contributed by atoms with Crippen LogP contribution in [-0.4, -0.2) is 29.4 Å². The monoisotopic (exact) mass is 375 g/mol. The van der Waals surface area contributed by atoms with Crippen LogP contribution in [0.15, 0.2) is 18.2 Å². The van der Waals surface area contributed by atoms with Gasteiger partial charge in [0.15, 0.2) is 6.61 Å². The van der Waals surface area contributed by atoms with Crippen LogP contribution in [0, 0.1) is 26.9 Å². The molecule has 0 spiro atoms. The second-order valence-electron chi connectivity index (χ2n) is 8.34. The van der Waals surface area contributed by atoms with Crippen LogP contribution in [0.5, 0.6) is 0 Å². The minimum Gasteiger partial charge on any atom is -0.452 e. The Bertz CT molecular complexity index is 807. The van der Waals surface area contributed by atoms with E-state index in [4.69, 9.17) is 10.5 Å². The molecule has 3 atom stereocenters. The number of hydrogen-bond acceptors (Lipinski definition) is 6. The Morgan fingerprint density at radius 2 is 2.07 bits per heavy atom. The highest BCUT2D eigenvalue weighted by atomic mass is 16.6. The van der Waals surface area contributed by atoms with Crippen LogP contribution in [0.3, 0.4) is 0 Å². The summed E-state index contributed by atoms with van der Waals surface area (Å²) in [5.41, 5.74) is 5.63. The zero-order valence-corrected chi connectivity index (χ0v) is 15.8. The number of nitrogen functional groups attached to an aromatic ring is 1. The summed E-state index contributed by atoms with van der Waals surface area (Å²) in [6.07, 6.45) is 3.21.